The first-order valence-corrected chi connectivity index (χ1v) is 8.19. The molecule has 0 aliphatic heterocycles. The normalized spacial score (nSPS) is 14.8. The average Bonchev–Trinajstić information content (AvgIpc) is 3.36. The molecule has 1 heterocycles. The number of methoxy groups -OCH3 is 1. The van der Waals surface area contributed by atoms with Crippen molar-refractivity contribution in [1.29, 1.82) is 0 Å². The van der Waals surface area contributed by atoms with Crippen LogP contribution in [0.5, 0.6) is 5.75 Å². The number of hydrogen-bond donors (Lipinski definition) is 1. The molecule has 1 saturated carbocycles. The average molecular weight is 343 g/mol. The molecule has 1 fully saturated rings. The van der Waals surface area contributed by atoms with Crippen molar-refractivity contribution in [1.82, 2.24) is 14.7 Å². The first-order chi connectivity index (χ1) is 12.0. The maximum Gasteiger partial charge on any atom is 0.326 e. The molecule has 1 aromatic heterocycles. The van der Waals surface area contributed by atoms with Gasteiger partial charge in [-0.15, -0.1) is 0 Å². The van der Waals surface area contributed by atoms with E-state index < -0.39 is 12.0 Å². The monoisotopic (exact) mass is 343 g/mol. The molecule has 1 aliphatic rings. The third-order valence-corrected chi connectivity index (χ3v) is 4.50. The molecule has 1 aliphatic carbocycles. The Morgan fingerprint density at radius 3 is 2.64 bits per heavy atom. The van der Waals surface area contributed by atoms with E-state index in [1.54, 1.807) is 25.6 Å². The third kappa shape index (κ3) is 3.09. The molecule has 0 bridgehead atoms. The number of hydrogen-bond acceptors (Lipinski definition) is 4. The van der Waals surface area contributed by atoms with Crippen LogP contribution in [-0.2, 0) is 4.79 Å². The van der Waals surface area contributed by atoms with Gasteiger partial charge in [-0.25, -0.2) is 9.48 Å². The summed E-state index contributed by atoms with van der Waals surface area (Å²) in [5.41, 5.74) is 1.79. The maximum atomic E-state index is 13.0. The van der Waals surface area contributed by atoms with Crippen LogP contribution in [0.2, 0.25) is 0 Å². The number of benzene rings is 1. The standard InChI is InChI=1S/C18H21N3O4/c1-11-14(17(22)20(13-8-9-13)12(2)18(23)24)10-19-21(11)15-6-4-5-7-16(15)25-3/h4-7,10,12-13H,8-9H2,1-3H3,(H,23,24). The topological polar surface area (TPSA) is 84.7 Å². The van der Waals surface area contributed by atoms with Crippen LogP contribution in [0.15, 0.2) is 30.5 Å². The molecule has 0 radical (unpaired) electrons. The second-order valence-corrected chi connectivity index (χ2v) is 6.19. The first kappa shape index (κ1) is 17.0. The highest BCUT2D eigenvalue weighted by Crippen LogP contribution is 2.31. The number of amides is 1. The van der Waals surface area contributed by atoms with Gasteiger partial charge in [-0.1, -0.05) is 12.1 Å². The van der Waals surface area contributed by atoms with Crippen LogP contribution in [0, 0.1) is 6.92 Å². The predicted molar refractivity (Wildman–Crippen MR) is 91.1 cm³/mol. The van der Waals surface area contributed by atoms with Gasteiger partial charge < -0.3 is 14.7 Å². The van der Waals surface area contributed by atoms with Crippen molar-refractivity contribution in [2.75, 3.05) is 7.11 Å². The number of para-hydroxylation sites is 2. The number of aliphatic carboxylic acids is 1. The molecule has 1 unspecified atom stereocenters. The molecule has 1 aromatic carbocycles. The molecule has 3 rings (SSSR count). The molecule has 25 heavy (non-hydrogen) atoms. The number of rotatable bonds is 6. The summed E-state index contributed by atoms with van der Waals surface area (Å²) in [5, 5.41) is 13.6. The summed E-state index contributed by atoms with van der Waals surface area (Å²) in [6, 6.07) is 6.52. The van der Waals surface area contributed by atoms with Crippen LogP contribution in [0.1, 0.15) is 35.8 Å². The minimum Gasteiger partial charge on any atom is -0.494 e. The zero-order valence-electron chi connectivity index (χ0n) is 14.5. The van der Waals surface area contributed by atoms with Crippen LogP contribution < -0.4 is 4.74 Å². The van der Waals surface area contributed by atoms with E-state index in [1.165, 1.54) is 11.1 Å². The Balaban J connectivity index is 1.97. The van der Waals surface area contributed by atoms with Crippen LogP contribution in [0.4, 0.5) is 0 Å². The van der Waals surface area contributed by atoms with Crippen molar-refractivity contribution in [2.24, 2.45) is 0 Å². The molecular weight excluding hydrogens is 322 g/mol. The molecule has 2 aromatic rings. The quantitative estimate of drug-likeness (QED) is 0.870. The third-order valence-electron chi connectivity index (χ3n) is 4.50. The largest absolute Gasteiger partial charge is 0.494 e. The van der Waals surface area contributed by atoms with Gasteiger partial charge in [0, 0.05) is 6.04 Å². The number of ether oxygens (including phenoxy) is 1. The second-order valence-electron chi connectivity index (χ2n) is 6.19. The van der Waals surface area contributed by atoms with E-state index >= 15 is 0 Å². The van der Waals surface area contributed by atoms with Gasteiger partial charge in [0.15, 0.2) is 0 Å². The Kier molecular flexibility index (Phi) is 4.48. The minimum absolute atomic E-state index is 0.00684. The highest BCUT2D eigenvalue weighted by atomic mass is 16.5. The predicted octanol–water partition coefficient (Wildman–Crippen LogP) is 2.27. The molecule has 1 amide bonds. The lowest BCUT2D eigenvalue weighted by molar-refractivity contribution is -0.141. The highest BCUT2D eigenvalue weighted by Gasteiger charge is 2.39. The summed E-state index contributed by atoms with van der Waals surface area (Å²) in [6.07, 6.45) is 3.17. The van der Waals surface area contributed by atoms with Gasteiger partial charge in [0.1, 0.15) is 17.5 Å². The summed E-state index contributed by atoms with van der Waals surface area (Å²) >= 11 is 0. The molecule has 1 atom stereocenters. The van der Waals surface area contributed by atoms with Crippen LogP contribution in [-0.4, -0.2) is 50.9 Å². The first-order valence-electron chi connectivity index (χ1n) is 8.19. The van der Waals surface area contributed by atoms with E-state index in [4.69, 9.17) is 4.74 Å². The summed E-state index contributed by atoms with van der Waals surface area (Å²) in [5.74, 6) is -0.656. The minimum atomic E-state index is -1.00. The number of nitrogens with zero attached hydrogens (tertiary/aromatic N) is 3. The second kappa shape index (κ2) is 6.58. The Labute approximate surface area is 145 Å². The summed E-state index contributed by atoms with van der Waals surface area (Å²) in [6.45, 7) is 3.34. The summed E-state index contributed by atoms with van der Waals surface area (Å²) in [4.78, 5) is 25.8. The Bertz CT molecular complexity index is 810. The lowest BCUT2D eigenvalue weighted by Crippen LogP contribution is -2.44. The van der Waals surface area contributed by atoms with E-state index in [9.17, 15) is 14.7 Å². The molecule has 1 N–H and O–H groups in total. The number of carboxylic acid groups (broad SMARTS) is 1. The van der Waals surface area contributed by atoms with Gasteiger partial charge in [0.2, 0.25) is 0 Å². The van der Waals surface area contributed by atoms with Gasteiger partial charge in [0.25, 0.3) is 5.91 Å². The Morgan fingerprint density at radius 1 is 1.36 bits per heavy atom. The fourth-order valence-electron chi connectivity index (χ4n) is 2.94. The van der Waals surface area contributed by atoms with Crippen molar-refractivity contribution in [3.8, 4) is 11.4 Å². The molecular formula is C18H21N3O4. The van der Waals surface area contributed by atoms with Crippen molar-refractivity contribution < 1.29 is 19.4 Å². The number of carbonyl (C=O) groups is 2. The summed E-state index contributed by atoms with van der Waals surface area (Å²) < 4.78 is 7.00. The van der Waals surface area contributed by atoms with Crippen LogP contribution in [0.3, 0.4) is 0 Å². The zero-order chi connectivity index (χ0) is 18.1. The maximum absolute atomic E-state index is 13.0. The van der Waals surface area contributed by atoms with Gasteiger partial charge >= 0.3 is 5.97 Å². The van der Waals surface area contributed by atoms with Crippen molar-refractivity contribution >= 4 is 11.9 Å². The highest BCUT2D eigenvalue weighted by molar-refractivity contribution is 5.97. The smallest absolute Gasteiger partial charge is 0.326 e. The van der Waals surface area contributed by atoms with E-state index in [1.807, 2.05) is 24.3 Å². The fraction of sp³-hybridized carbons (Fsp3) is 0.389. The van der Waals surface area contributed by atoms with Gasteiger partial charge in [-0.3, -0.25) is 4.79 Å². The molecule has 132 valence electrons. The molecule has 0 saturated heterocycles. The van der Waals surface area contributed by atoms with E-state index in [0.29, 0.717) is 17.0 Å². The van der Waals surface area contributed by atoms with Crippen LogP contribution in [0.25, 0.3) is 5.69 Å². The van der Waals surface area contributed by atoms with Crippen molar-refractivity contribution in [2.45, 2.75) is 38.8 Å². The Morgan fingerprint density at radius 2 is 2.04 bits per heavy atom. The molecule has 7 heteroatoms. The zero-order valence-corrected chi connectivity index (χ0v) is 14.5. The van der Waals surface area contributed by atoms with Gasteiger partial charge in [-0.2, -0.15) is 5.10 Å². The van der Waals surface area contributed by atoms with E-state index in [2.05, 4.69) is 5.10 Å². The number of carboxylic acids is 1. The van der Waals surface area contributed by atoms with Crippen molar-refractivity contribution in [3.05, 3.63) is 41.7 Å². The lowest BCUT2D eigenvalue weighted by atomic mass is 10.1. The van der Waals surface area contributed by atoms with Gasteiger partial charge in [0.05, 0.1) is 24.6 Å². The molecule has 7 nitrogen and oxygen atoms in total. The van der Waals surface area contributed by atoms with Crippen LogP contribution >= 0.6 is 0 Å². The lowest BCUT2D eigenvalue weighted by Gasteiger charge is -2.26. The Hall–Kier alpha value is -2.83. The van der Waals surface area contributed by atoms with Crippen molar-refractivity contribution in [3.63, 3.8) is 0 Å². The van der Waals surface area contributed by atoms with E-state index in [-0.39, 0.29) is 11.9 Å². The molecule has 0 spiro atoms. The van der Waals surface area contributed by atoms with Gasteiger partial charge in [-0.05, 0) is 38.8 Å². The number of carbonyl (C=O) groups excluding carboxylic acids is 1. The van der Waals surface area contributed by atoms with E-state index in [0.717, 1.165) is 18.5 Å². The number of aromatic nitrogens is 2. The SMILES string of the molecule is COc1ccccc1-n1ncc(C(=O)N(C2CC2)C(C)C(=O)O)c1C. The summed E-state index contributed by atoms with van der Waals surface area (Å²) in [7, 11) is 1.58. The fourth-order valence-corrected chi connectivity index (χ4v) is 2.94.